The van der Waals surface area contributed by atoms with Crippen molar-refractivity contribution < 1.29 is 9.47 Å². The molecule has 1 saturated heterocycles. The molecule has 1 aromatic rings. The molecule has 1 aromatic heterocycles. The molecule has 0 aliphatic carbocycles. The smallest absolute Gasteiger partial charge is 0.191 e. The Balaban J connectivity index is 0.00000261. The minimum atomic E-state index is 0. The Bertz CT molecular complexity index is 564. The quantitative estimate of drug-likeness (QED) is 0.232. The molecule has 1 unspecified atom stereocenters. The summed E-state index contributed by atoms with van der Waals surface area (Å²) in [5.74, 6) is 0.873. The summed E-state index contributed by atoms with van der Waals surface area (Å²) in [5, 5.41) is 8.98. The summed E-state index contributed by atoms with van der Waals surface area (Å²) >= 11 is 1.89. The number of nitrogens with zero attached hydrogens (tertiary/aromatic N) is 2. The largest absolute Gasteiger partial charge is 0.379 e. The highest BCUT2D eigenvalue weighted by Gasteiger charge is 2.17. The van der Waals surface area contributed by atoms with Crippen molar-refractivity contribution >= 4 is 41.3 Å². The molecule has 1 atom stereocenters. The van der Waals surface area contributed by atoms with Crippen molar-refractivity contribution in [3.8, 4) is 0 Å². The summed E-state index contributed by atoms with van der Waals surface area (Å²) in [5.41, 5.74) is 1.51. The molecule has 0 spiro atoms. The van der Waals surface area contributed by atoms with Crippen molar-refractivity contribution in [2.75, 3.05) is 53.0 Å². The van der Waals surface area contributed by atoms with E-state index in [4.69, 9.17) is 9.47 Å². The predicted molar refractivity (Wildman–Crippen MR) is 122 cm³/mol. The number of hydrogen-bond acceptors (Lipinski definition) is 5. The lowest BCUT2D eigenvalue weighted by molar-refractivity contribution is 0.0168. The maximum atomic E-state index is 5.68. The first-order chi connectivity index (χ1) is 12.8. The van der Waals surface area contributed by atoms with Gasteiger partial charge in [-0.3, -0.25) is 9.89 Å². The molecule has 0 saturated carbocycles. The standard InChI is InChI=1S/C19H32N4O2S.HI/c1-20-19(21-7-3-11-24-15-17-4-2-12-25-17)22-8-10-23-9-5-18-16(14-23)6-13-26-18;/h6,13,17H,2-5,7-12,14-15H2,1H3,(H2,20,21,22);1H. The SMILES string of the molecule is CN=C(NCCCOCC1CCCO1)NCCN1CCc2sccc2C1.I. The molecular formula is C19H33IN4O2S. The van der Waals surface area contributed by atoms with Crippen LogP contribution >= 0.6 is 35.3 Å². The molecule has 3 heterocycles. The fourth-order valence-corrected chi connectivity index (χ4v) is 4.31. The summed E-state index contributed by atoms with van der Waals surface area (Å²) < 4.78 is 11.2. The molecule has 0 radical (unpaired) electrons. The molecule has 154 valence electrons. The van der Waals surface area contributed by atoms with Crippen LogP contribution in [0, 0.1) is 0 Å². The van der Waals surface area contributed by atoms with E-state index in [-0.39, 0.29) is 24.0 Å². The molecule has 0 amide bonds. The van der Waals surface area contributed by atoms with Crippen LogP contribution in [0.2, 0.25) is 0 Å². The lowest BCUT2D eigenvalue weighted by Crippen LogP contribution is -2.42. The number of nitrogens with one attached hydrogen (secondary N) is 2. The van der Waals surface area contributed by atoms with Gasteiger partial charge in [0.2, 0.25) is 0 Å². The zero-order valence-electron chi connectivity index (χ0n) is 16.2. The van der Waals surface area contributed by atoms with E-state index in [2.05, 4.69) is 32.0 Å². The number of hydrogen-bond donors (Lipinski definition) is 2. The molecule has 2 aliphatic rings. The lowest BCUT2D eigenvalue weighted by atomic mass is 10.1. The number of thiophene rings is 1. The van der Waals surface area contributed by atoms with Crippen LogP contribution in [0.5, 0.6) is 0 Å². The van der Waals surface area contributed by atoms with E-state index in [0.29, 0.717) is 6.10 Å². The Morgan fingerprint density at radius 1 is 1.41 bits per heavy atom. The average molecular weight is 508 g/mol. The molecule has 0 aromatic carbocycles. The monoisotopic (exact) mass is 508 g/mol. The van der Waals surface area contributed by atoms with Gasteiger partial charge in [-0.1, -0.05) is 0 Å². The Morgan fingerprint density at radius 3 is 3.11 bits per heavy atom. The Hall–Kier alpha value is -0.420. The second-order valence-corrected chi connectivity index (χ2v) is 7.89. The highest BCUT2D eigenvalue weighted by atomic mass is 127. The van der Waals surface area contributed by atoms with Crippen LogP contribution in [0.3, 0.4) is 0 Å². The number of halogens is 1. The zero-order valence-corrected chi connectivity index (χ0v) is 19.4. The fourth-order valence-electron chi connectivity index (χ4n) is 3.42. The van der Waals surface area contributed by atoms with E-state index < -0.39 is 0 Å². The van der Waals surface area contributed by atoms with Gasteiger partial charge in [0.05, 0.1) is 12.7 Å². The van der Waals surface area contributed by atoms with E-state index in [1.807, 2.05) is 18.4 Å². The Kier molecular flexibility index (Phi) is 10.9. The molecular weight excluding hydrogens is 475 g/mol. The third-order valence-electron chi connectivity index (χ3n) is 4.92. The van der Waals surface area contributed by atoms with Crippen LogP contribution in [0.15, 0.2) is 16.4 Å². The second-order valence-electron chi connectivity index (χ2n) is 6.88. The molecule has 2 aliphatic heterocycles. The van der Waals surface area contributed by atoms with Gasteiger partial charge in [0.1, 0.15) is 0 Å². The van der Waals surface area contributed by atoms with Gasteiger partial charge in [0.15, 0.2) is 5.96 Å². The number of rotatable bonds is 9. The third-order valence-corrected chi connectivity index (χ3v) is 5.94. The molecule has 8 heteroatoms. The van der Waals surface area contributed by atoms with Crippen molar-refractivity contribution in [2.24, 2.45) is 4.99 Å². The van der Waals surface area contributed by atoms with Gasteiger partial charge in [-0.15, -0.1) is 35.3 Å². The minimum Gasteiger partial charge on any atom is -0.379 e. The van der Waals surface area contributed by atoms with Crippen LogP contribution in [0.4, 0.5) is 0 Å². The first-order valence-electron chi connectivity index (χ1n) is 9.76. The summed E-state index contributed by atoms with van der Waals surface area (Å²) in [6.07, 6.45) is 4.78. The van der Waals surface area contributed by atoms with Crippen LogP contribution in [-0.4, -0.2) is 70.0 Å². The summed E-state index contributed by atoms with van der Waals surface area (Å²) in [4.78, 5) is 8.37. The first-order valence-corrected chi connectivity index (χ1v) is 10.6. The van der Waals surface area contributed by atoms with Gasteiger partial charge in [0.25, 0.3) is 0 Å². The van der Waals surface area contributed by atoms with E-state index >= 15 is 0 Å². The zero-order chi connectivity index (χ0) is 18.0. The number of aliphatic imine (C=N–C) groups is 1. The maximum Gasteiger partial charge on any atom is 0.191 e. The van der Waals surface area contributed by atoms with Gasteiger partial charge >= 0.3 is 0 Å². The third kappa shape index (κ3) is 7.84. The summed E-state index contributed by atoms with van der Waals surface area (Å²) in [6, 6.07) is 2.26. The van der Waals surface area contributed by atoms with Crippen molar-refractivity contribution in [3.63, 3.8) is 0 Å². The topological polar surface area (TPSA) is 58.1 Å². The van der Waals surface area contributed by atoms with Crippen LogP contribution < -0.4 is 10.6 Å². The first kappa shape index (κ1) is 22.9. The van der Waals surface area contributed by atoms with E-state index in [1.165, 1.54) is 18.4 Å². The van der Waals surface area contributed by atoms with E-state index in [0.717, 1.165) is 71.3 Å². The van der Waals surface area contributed by atoms with Crippen LogP contribution in [0.1, 0.15) is 29.7 Å². The average Bonchev–Trinajstić information content (AvgIpc) is 3.34. The molecule has 6 nitrogen and oxygen atoms in total. The minimum absolute atomic E-state index is 0. The number of guanidine groups is 1. The molecule has 2 N–H and O–H groups in total. The van der Waals surface area contributed by atoms with Crippen molar-refractivity contribution in [3.05, 3.63) is 21.9 Å². The predicted octanol–water partition coefficient (Wildman–Crippen LogP) is 2.47. The van der Waals surface area contributed by atoms with Gasteiger partial charge < -0.3 is 20.1 Å². The van der Waals surface area contributed by atoms with Crippen molar-refractivity contribution in [1.29, 1.82) is 0 Å². The fraction of sp³-hybridized carbons (Fsp3) is 0.737. The number of fused-ring (bicyclic) bond motifs is 1. The Labute approximate surface area is 184 Å². The van der Waals surface area contributed by atoms with Gasteiger partial charge in [0, 0.05) is 57.9 Å². The highest BCUT2D eigenvalue weighted by molar-refractivity contribution is 14.0. The van der Waals surface area contributed by atoms with Crippen molar-refractivity contribution in [2.45, 2.75) is 38.3 Å². The van der Waals surface area contributed by atoms with Crippen LogP contribution in [-0.2, 0) is 22.4 Å². The van der Waals surface area contributed by atoms with E-state index in [1.54, 1.807) is 4.88 Å². The Morgan fingerprint density at radius 2 is 2.30 bits per heavy atom. The molecule has 3 rings (SSSR count). The van der Waals surface area contributed by atoms with Gasteiger partial charge in [-0.25, -0.2) is 0 Å². The van der Waals surface area contributed by atoms with E-state index in [9.17, 15) is 0 Å². The normalized spacial score (nSPS) is 20.2. The lowest BCUT2D eigenvalue weighted by Gasteiger charge is -2.27. The number of ether oxygens (including phenoxy) is 2. The molecule has 27 heavy (non-hydrogen) atoms. The highest BCUT2D eigenvalue weighted by Crippen LogP contribution is 2.23. The summed E-state index contributed by atoms with van der Waals surface area (Å²) in [7, 11) is 1.82. The van der Waals surface area contributed by atoms with Crippen LogP contribution in [0.25, 0.3) is 0 Å². The maximum absolute atomic E-state index is 5.68. The van der Waals surface area contributed by atoms with Gasteiger partial charge in [-0.2, -0.15) is 0 Å². The molecule has 0 bridgehead atoms. The van der Waals surface area contributed by atoms with Gasteiger partial charge in [-0.05, 0) is 42.7 Å². The summed E-state index contributed by atoms with van der Waals surface area (Å²) in [6.45, 7) is 7.44. The molecule has 1 fully saturated rings. The van der Waals surface area contributed by atoms with Crippen molar-refractivity contribution in [1.82, 2.24) is 15.5 Å². The second kappa shape index (κ2) is 12.9.